The maximum absolute atomic E-state index is 12.5. The molecule has 1 aromatic carbocycles. The third-order valence-corrected chi connectivity index (χ3v) is 7.04. The van der Waals surface area contributed by atoms with Gasteiger partial charge in [0, 0.05) is 31.6 Å². The second-order valence-electron chi connectivity index (χ2n) is 7.77. The molecule has 2 aromatic heterocycles. The van der Waals surface area contributed by atoms with E-state index in [-0.39, 0.29) is 12.5 Å². The zero-order valence-electron chi connectivity index (χ0n) is 17.4. The Morgan fingerprint density at radius 3 is 2.53 bits per heavy atom. The number of ether oxygens (including phenoxy) is 1. The fraction of sp³-hybridized carbons (Fsp3) is 0.391. The van der Waals surface area contributed by atoms with Gasteiger partial charge in [0.15, 0.2) is 6.61 Å². The minimum absolute atomic E-state index is 0.0526. The topological polar surface area (TPSA) is 45.7 Å². The summed E-state index contributed by atoms with van der Waals surface area (Å²) in [5.41, 5.74) is 2.34. The van der Waals surface area contributed by atoms with Gasteiger partial charge >= 0.3 is 0 Å². The first-order valence-corrected chi connectivity index (χ1v) is 12.1. The van der Waals surface area contributed by atoms with Crippen molar-refractivity contribution in [3.63, 3.8) is 0 Å². The molecule has 0 N–H and O–H groups in total. The van der Waals surface area contributed by atoms with Gasteiger partial charge in [0.1, 0.15) is 10.8 Å². The second-order valence-corrected chi connectivity index (χ2v) is 9.66. The van der Waals surface area contributed by atoms with Crippen LogP contribution in [0.5, 0.6) is 5.75 Å². The number of aromatic nitrogens is 1. The molecule has 4 rings (SSSR count). The Kier molecular flexibility index (Phi) is 6.82. The first-order chi connectivity index (χ1) is 14.6. The number of nitrogens with zero attached hydrogens (tertiary/aromatic N) is 3. The summed E-state index contributed by atoms with van der Waals surface area (Å²) >= 11 is 3.43. The lowest BCUT2D eigenvalue weighted by atomic mass is 10.0. The Hall–Kier alpha value is -2.22. The number of thiazole rings is 1. The highest BCUT2D eigenvalue weighted by Crippen LogP contribution is 2.26. The maximum atomic E-state index is 12.5. The molecule has 0 spiro atoms. The van der Waals surface area contributed by atoms with Crippen LogP contribution in [-0.4, -0.2) is 53.5 Å². The van der Waals surface area contributed by atoms with E-state index in [1.807, 2.05) is 17.0 Å². The van der Waals surface area contributed by atoms with Crippen molar-refractivity contribution >= 4 is 28.6 Å². The van der Waals surface area contributed by atoms with Crippen LogP contribution in [0, 0.1) is 0 Å². The third-order valence-electron chi connectivity index (χ3n) is 5.32. The van der Waals surface area contributed by atoms with E-state index >= 15 is 0 Å². The summed E-state index contributed by atoms with van der Waals surface area (Å²) in [7, 11) is 0. The molecule has 1 aliphatic heterocycles. The molecule has 0 radical (unpaired) electrons. The van der Waals surface area contributed by atoms with Gasteiger partial charge < -0.3 is 9.64 Å². The molecule has 7 heteroatoms. The summed E-state index contributed by atoms with van der Waals surface area (Å²) in [5.74, 6) is 1.29. The van der Waals surface area contributed by atoms with E-state index in [0.717, 1.165) is 49.2 Å². The molecule has 0 bridgehead atoms. The zero-order chi connectivity index (χ0) is 20.9. The number of rotatable bonds is 7. The van der Waals surface area contributed by atoms with Crippen LogP contribution in [0.3, 0.4) is 0 Å². The van der Waals surface area contributed by atoms with E-state index in [1.54, 1.807) is 22.7 Å². The lowest BCUT2D eigenvalue weighted by molar-refractivity contribution is -0.135. The fourth-order valence-electron chi connectivity index (χ4n) is 3.45. The fourth-order valence-corrected chi connectivity index (χ4v) is 5.05. The Balaban J connectivity index is 1.21. The average molecular weight is 442 g/mol. The van der Waals surface area contributed by atoms with Gasteiger partial charge in [0.2, 0.25) is 0 Å². The Morgan fingerprint density at radius 2 is 1.87 bits per heavy atom. The summed E-state index contributed by atoms with van der Waals surface area (Å²) in [6.07, 6.45) is 0. The summed E-state index contributed by atoms with van der Waals surface area (Å²) in [6.45, 7) is 8.46. The highest BCUT2D eigenvalue weighted by molar-refractivity contribution is 7.14. The van der Waals surface area contributed by atoms with Crippen molar-refractivity contribution in [2.24, 2.45) is 0 Å². The summed E-state index contributed by atoms with van der Waals surface area (Å²) in [5, 5.41) is 5.34. The van der Waals surface area contributed by atoms with Gasteiger partial charge in [-0.3, -0.25) is 9.69 Å². The van der Waals surface area contributed by atoms with Gasteiger partial charge in [-0.05, 0) is 35.1 Å². The normalized spacial score (nSPS) is 15.0. The van der Waals surface area contributed by atoms with E-state index in [4.69, 9.17) is 9.72 Å². The van der Waals surface area contributed by atoms with E-state index < -0.39 is 0 Å². The molecule has 1 aliphatic rings. The SMILES string of the molecule is CC(C)c1ccc(OCC(=O)N2CCN(Cc3nc(-c4cccs4)cs3)CC2)cc1. The number of carbonyl (C=O) groups is 1. The van der Waals surface area contributed by atoms with Crippen molar-refractivity contribution in [2.45, 2.75) is 26.3 Å². The smallest absolute Gasteiger partial charge is 0.260 e. The minimum Gasteiger partial charge on any atom is -0.484 e. The minimum atomic E-state index is 0.0526. The van der Waals surface area contributed by atoms with Crippen molar-refractivity contribution in [3.8, 4) is 16.3 Å². The largest absolute Gasteiger partial charge is 0.484 e. The molecule has 3 aromatic rings. The molecular formula is C23H27N3O2S2. The zero-order valence-corrected chi connectivity index (χ0v) is 19.0. The standard InChI is InChI=1S/C23H27N3O2S2/c1-17(2)18-5-7-19(8-6-18)28-15-23(27)26-11-9-25(10-12-26)14-22-24-20(16-30-22)21-4-3-13-29-21/h3-8,13,16-17H,9-12,14-15H2,1-2H3. The van der Waals surface area contributed by atoms with E-state index in [2.05, 4.69) is 53.8 Å². The molecule has 0 unspecified atom stereocenters. The van der Waals surface area contributed by atoms with E-state index in [1.165, 1.54) is 10.4 Å². The van der Waals surface area contributed by atoms with Crippen LogP contribution < -0.4 is 4.74 Å². The molecule has 1 amide bonds. The quantitative estimate of drug-likeness (QED) is 0.532. The maximum Gasteiger partial charge on any atom is 0.260 e. The lowest BCUT2D eigenvalue weighted by Gasteiger charge is -2.34. The number of amides is 1. The summed E-state index contributed by atoms with van der Waals surface area (Å²) in [4.78, 5) is 22.8. The molecule has 1 saturated heterocycles. The number of hydrogen-bond donors (Lipinski definition) is 0. The van der Waals surface area contributed by atoms with Gasteiger partial charge in [0.25, 0.3) is 5.91 Å². The number of benzene rings is 1. The molecule has 30 heavy (non-hydrogen) atoms. The molecule has 0 saturated carbocycles. The molecule has 0 atom stereocenters. The Morgan fingerprint density at radius 1 is 1.10 bits per heavy atom. The van der Waals surface area contributed by atoms with Gasteiger partial charge in [-0.1, -0.05) is 32.0 Å². The lowest BCUT2D eigenvalue weighted by Crippen LogP contribution is -2.49. The second kappa shape index (κ2) is 9.73. The third kappa shape index (κ3) is 5.28. The van der Waals surface area contributed by atoms with Crippen molar-refractivity contribution in [3.05, 3.63) is 57.7 Å². The Bertz CT molecular complexity index is 943. The monoisotopic (exact) mass is 441 g/mol. The molecule has 5 nitrogen and oxygen atoms in total. The highest BCUT2D eigenvalue weighted by Gasteiger charge is 2.22. The van der Waals surface area contributed by atoms with Gasteiger partial charge in [0.05, 0.1) is 17.1 Å². The molecular weight excluding hydrogens is 414 g/mol. The van der Waals surface area contributed by atoms with Gasteiger partial charge in [-0.25, -0.2) is 4.98 Å². The van der Waals surface area contributed by atoms with Crippen LogP contribution in [0.1, 0.15) is 30.3 Å². The number of thiophene rings is 1. The van der Waals surface area contributed by atoms with E-state index in [9.17, 15) is 4.79 Å². The van der Waals surface area contributed by atoms with Crippen LogP contribution in [0.2, 0.25) is 0 Å². The van der Waals surface area contributed by atoms with Gasteiger partial charge in [-0.15, -0.1) is 22.7 Å². The first kappa shape index (κ1) is 21.0. The van der Waals surface area contributed by atoms with Crippen molar-refractivity contribution in [1.29, 1.82) is 0 Å². The number of carbonyl (C=O) groups excluding carboxylic acids is 1. The molecule has 158 valence electrons. The van der Waals surface area contributed by atoms with Crippen molar-refractivity contribution in [2.75, 3.05) is 32.8 Å². The number of piperazine rings is 1. The van der Waals surface area contributed by atoms with Crippen LogP contribution in [-0.2, 0) is 11.3 Å². The molecule has 0 aliphatic carbocycles. The van der Waals surface area contributed by atoms with E-state index in [0.29, 0.717) is 5.92 Å². The van der Waals surface area contributed by atoms with Crippen molar-refractivity contribution in [1.82, 2.24) is 14.8 Å². The van der Waals surface area contributed by atoms with Crippen LogP contribution in [0.25, 0.3) is 10.6 Å². The summed E-state index contributed by atoms with van der Waals surface area (Å²) < 4.78 is 5.70. The van der Waals surface area contributed by atoms with Crippen LogP contribution in [0.4, 0.5) is 0 Å². The predicted molar refractivity (Wildman–Crippen MR) is 123 cm³/mol. The highest BCUT2D eigenvalue weighted by atomic mass is 32.1. The Labute approximate surface area is 185 Å². The predicted octanol–water partition coefficient (Wildman–Crippen LogP) is 4.72. The number of hydrogen-bond acceptors (Lipinski definition) is 6. The first-order valence-electron chi connectivity index (χ1n) is 10.3. The summed E-state index contributed by atoms with van der Waals surface area (Å²) in [6, 6.07) is 12.2. The van der Waals surface area contributed by atoms with Crippen LogP contribution in [0.15, 0.2) is 47.2 Å². The average Bonchev–Trinajstić information content (AvgIpc) is 3.45. The van der Waals surface area contributed by atoms with Crippen LogP contribution >= 0.6 is 22.7 Å². The van der Waals surface area contributed by atoms with Gasteiger partial charge in [-0.2, -0.15) is 0 Å². The molecule has 3 heterocycles. The van der Waals surface area contributed by atoms with Crippen molar-refractivity contribution < 1.29 is 9.53 Å². The molecule has 1 fully saturated rings.